The predicted molar refractivity (Wildman–Crippen MR) is 125 cm³/mol. The van der Waals surface area contributed by atoms with Gasteiger partial charge in [-0.2, -0.15) is 10.2 Å². The highest BCUT2D eigenvalue weighted by Crippen LogP contribution is 2.43. The molecule has 12 heteroatoms. The highest BCUT2D eigenvalue weighted by molar-refractivity contribution is 7.21. The molecular formula is C22H23F2N7O2S. The number of anilines is 1. The number of pyridine rings is 1. The van der Waals surface area contributed by atoms with Crippen LogP contribution in [0, 0.1) is 13.8 Å². The summed E-state index contributed by atoms with van der Waals surface area (Å²) in [6, 6.07) is 3.10. The molecule has 0 bridgehead atoms. The number of aromatic nitrogens is 5. The number of aryl methyl sites for hydroxylation is 3. The third-order valence-corrected chi connectivity index (χ3v) is 6.66. The van der Waals surface area contributed by atoms with Gasteiger partial charge >= 0.3 is 0 Å². The number of nitrogens with two attached hydrogens (primary N) is 1. The minimum atomic E-state index is -2.82. The van der Waals surface area contributed by atoms with Crippen LogP contribution in [-0.2, 0) is 17.9 Å². The van der Waals surface area contributed by atoms with E-state index in [0.29, 0.717) is 29.6 Å². The molecule has 2 amide bonds. The lowest BCUT2D eigenvalue weighted by molar-refractivity contribution is -0.116. The molecule has 0 unspecified atom stereocenters. The number of halogens is 2. The Morgan fingerprint density at radius 1 is 1.21 bits per heavy atom. The largest absolute Gasteiger partial charge is 0.365 e. The smallest absolute Gasteiger partial charge is 0.280 e. The van der Waals surface area contributed by atoms with E-state index in [-0.39, 0.29) is 27.7 Å². The quantitative estimate of drug-likeness (QED) is 0.388. The van der Waals surface area contributed by atoms with Crippen LogP contribution in [0.1, 0.15) is 46.5 Å². The third kappa shape index (κ3) is 4.28. The van der Waals surface area contributed by atoms with Gasteiger partial charge in [0, 0.05) is 48.0 Å². The number of hydrogen-bond donors (Lipinski definition) is 2. The molecule has 4 aromatic rings. The zero-order valence-corrected chi connectivity index (χ0v) is 19.6. The van der Waals surface area contributed by atoms with E-state index in [1.807, 2.05) is 26.8 Å². The average Bonchev–Trinajstić information content (AvgIpc) is 3.48. The number of primary amides is 1. The van der Waals surface area contributed by atoms with E-state index in [2.05, 4.69) is 20.5 Å². The second kappa shape index (κ2) is 9.29. The molecule has 0 spiro atoms. The SMILES string of the molecule is CCn1ncc(-c2cc(C(F)F)nc3sc(C(N)=O)c(NC(=O)CCn4nccc4C)c23)c1C. The Balaban J connectivity index is 1.83. The fourth-order valence-corrected chi connectivity index (χ4v) is 4.82. The van der Waals surface area contributed by atoms with E-state index in [1.54, 1.807) is 21.8 Å². The molecule has 0 aliphatic carbocycles. The van der Waals surface area contributed by atoms with Gasteiger partial charge < -0.3 is 11.1 Å². The second-order valence-electron chi connectivity index (χ2n) is 7.70. The van der Waals surface area contributed by atoms with E-state index in [4.69, 9.17) is 5.73 Å². The Morgan fingerprint density at radius 2 is 1.97 bits per heavy atom. The predicted octanol–water partition coefficient (Wildman–Crippen LogP) is 4.06. The number of nitrogens with zero attached hydrogens (tertiary/aromatic N) is 5. The topological polar surface area (TPSA) is 121 Å². The van der Waals surface area contributed by atoms with Crippen molar-refractivity contribution in [2.75, 3.05) is 5.32 Å². The van der Waals surface area contributed by atoms with Gasteiger partial charge in [0.1, 0.15) is 15.4 Å². The highest BCUT2D eigenvalue weighted by Gasteiger charge is 2.26. The van der Waals surface area contributed by atoms with Gasteiger partial charge in [-0.15, -0.1) is 11.3 Å². The minimum Gasteiger partial charge on any atom is -0.365 e. The molecular weight excluding hydrogens is 464 g/mol. The van der Waals surface area contributed by atoms with Crippen molar-refractivity contribution in [3.05, 3.63) is 46.5 Å². The number of carbonyl (C=O) groups is 2. The zero-order valence-electron chi connectivity index (χ0n) is 18.8. The van der Waals surface area contributed by atoms with Crippen LogP contribution in [0.25, 0.3) is 21.3 Å². The van der Waals surface area contributed by atoms with Crippen molar-refractivity contribution >= 4 is 39.1 Å². The van der Waals surface area contributed by atoms with Gasteiger partial charge in [0.25, 0.3) is 12.3 Å². The van der Waals surface area contributed by atoms with E-state index in [1.165, 1.54) is 6.07 Å². The van der Waals surface area contributed by atoms with Crippen molar-refractivity contribution in [1.29, 1.82) is 0 Å². The van der Waals surface area contributed by atoms with Crippen LogP contribution in [0.3, 0.4) is 0 Å². The number of amides is 2. The van der Waals surface area contributed by atoms with Gasteiger partial charge in [-0.25, -0.2) is 13.8 Å². The molecule has 0 radical (unpaired) electrons. The van der Waals surface area contributed by atoms with Gasteiger partial charge in [0.15, 0.2) is 0 Å². The number of alkyl halides is 2. The Bertz CT molecular complexity index is 1390. The lowest BCUT2D eigenvalue weighted by Gasteiger charge is -2.11. The molecule has 0 saturated carbocycles. The average molecular weight is 488 g/mol. The van der Waals surface area contributed by atoms with Gasteiger partial charge in [-0.05, 0) is 38.5 Å². The molecule has 4 heterocycles. The van der Waals surface area contributed by atoms with Crippen molar-refractivity contribution in [1.82, 2.24) is 24.5 Å². The zero-order chi connectivity index (χ0) is 24.6. The molecule has 34 heavy (non-hydrogen) atoms. The maximum Gasteiger partial charge on any atom is 0.280 e. The van der Waals surface area contributed by atoms with Gasteiger partial charge in [0.2, 0.25) is 5.91 Å². The van der Waals surface area contributed by atoms with Gasteiger partial charge in [-0.1, -0.05) is 0 Å². The number of hydrogen-bond acceptors (Lipinski definition) is 6. The summed E-state index contributed by atoms with van der Waals surface area (Å²) in [4.78, 5) is 29.3. The van der Waals surface area contributed by atoms with E-state index < -0.39 is 18.0 Å². The van der Waals surface area contributed by atoms with Crippen LogP contribution in [0.2, 0.25) is 0 Å². The first-order chi connectivity index (χ1) is 16.2. The molecule has 3 N–H and O–H groups in total. The molecule has 9 nitrogen and oxygen atoms in total. The van der Waals surface area contributed by atoms with Crippen LogP contribution >= 0.6 is 11.3 Å². The minimum absolute atomic E-state index is 0.0410. The number of rotatable bonds is 8. The number of nitrogens with one attached hydrogen (secondary N) is 1. The second-order valence-corrected chi connectivity index (χ2v) is 8.70. The summed E-state index contributed by atoms with van der Waals surface area (Å²) in [6.45, 7) is 6.54. The van der Waals surface area contributed by atoms with Crippen molar-refractivity contribution in [2.24, 2.45) is 5.73 Å². The molecule has 0 atom stereocenters. The lowest BCUT2D eigenvalue weighted by Crippen LogP contribution is -2.18. The van der Waals surface area contributed by atoms with Crippen LogP contribution in [0.15, 0.2) is 24.5 Å². The summed E-state index contributed by atoms with van der Waals surface area (Å²) in [6.07, 6.45) is 0.487. The van der Waals surface area contributed by atoms with Crippen LogP contribution in [-0.4, -0.2) is 36.4 Å². The number of fused-ring (bicyclic) bond motifs is 1. The Hall–Kier alpha value is -3.67. The summed E-state index contributed by atoms with van der Waals surface area (Å²) in [5, 5.41) is 11.6. The number of thiophene rings is 1. The summed E-state index contributed by atoms with van der Waals surface area (Å²) in [7, 11) is 0. The van der Waals surface area contributed by atoms with Crippen LogP contribution < -0.4 is 11.1 Å². The first-order valence-corrected chi connectivity index (χ1v) is 11.4. The molecule has 4 rings (SSSR count). The summed E-state index contributed by atoms with van der Waals surface area (Å²) >= 11 is 0.873. The van der Waals surface area contributed by atoms with Crippen molar-refractivity contribution in [2.45, 2.75) is 46.7 Å². The summed E-state index contributed by atoms with van der Waals surface area (Å²) in [5.41, 5.74) is 7.98. The van der Waals surface area contributed by atoms with E-state index in [0.717, 1.165) is 22.7 Å². The van der Waals surface area contributed by atoms with Crippen LogP contribution in [0.4, 0.5) is 14.5 Å². The summed E-state index contributed by atoms with van der Waals surface area (Å²) in [5.74, 6) is -1.16. The molecule has 0 aromatic carbocycles. The van der Waals surface area contributed by atoms with Crippen molar-refractivity contribution in [3.63, 3.8) is 0 Å². The van der Waals surface area contributed by atoms with Gasteiger partial charge in [-0.3, -0.25) is 19.0 Å². The third-order valence-electron chi connectivity index (χ3n) is 5.57. The highest BCUT2D eigenvalue weighted by atomic mass is 32.1. The molecule has 0 fully saturated rings. The normalized spacial score (nSPS) is 11.5. The Kier molecular flexibility index (Phi) is 6.42. The first-order valence-electron chi connectivity index (χ1n) is 10.6. The van der Waals surface area contributed by atoms with Crippen molar-refractivity contribution < 1.29 is 18.4 Å². The maximum atomic E-state index is 13.7. The summed E-state index contributed by atoms with van der Waals surface area (Å²) < 4.78 is 30.7. The Labute approximate surface area is 197 Å². The monoisotopic (exact) mass is 487 g/mol. The van der Waals surface area contributed by atoms with Crippen LogP contribution in [0.5, 0.6) is 0 Å². The fourth-order valence-electron chi connectivity index (χ4n) is 3.81. The fraction of sp³-hybridized carbons (Fsp3) is 0.318. The Morgan fingerprint density at radius 3 is 2.56 bits per heavy atom. The molecule has 178 valence electrons. The van der Waals surface area contributed by atoms with E-state index in [9.17, 15) is 18.4 Å². The molecule has 0 saturated heterocycles. The molecule has 4 aromatic heterocycles. The lowest BCUT2D eigenvalue weighted by atomic mass is 10.0. The number of carbonyl (C=O) groups excluding carboxylic acids is 2. The molecule has 0 aliphatic heterocycles. The first kappa shape index (κ1) is 23.5. The van der Waals surface area contributed by atoms with Crippen molar-refractivity contribution in [3.8, 4) is 11.1 Å². The van der Waals surface area contributed by atoms with Gasteiger partial charge in [0.05, 0.1) is 11.9 Å². The van der Waals surface area contributed by atoms with E-state index >= 15 is 0 Å². The standard InChI is InChI=1S/C22H23F2N7O2S/c1-4-30-12(3)14(10-27-30)13-9-15(20(23)24)28-22-17(13)18(19(34-22)21(25)33)29-16(32)6-8-31-11(2)5-7-26-31/h5,7,9-10,20H,4,6,8H2,1-3H3,(H2,25,33)(H,29,32). The maximum absolute atomic E-state index is 13.7. The molecule has 0 aliphatic rings.